The normalized spacial score (nSPS) is 9.71. The first-order valence-corrected chi connectivity index (χ1v) is 5.37. The lowest BCUT2D eigenvalue weighted by Gasteiger charge is -2.07. The van der Waals surface area contributed by atoms with Gasteiger partial charge in [-0.1, -0.05) is 24.8 Å². The zero-order valence-corrected chi connectivity index (χ0v) is 9.59. The molecule has 0 aliphatic heterocycles. The van der Waals surface area contributed by atoms with Crippen LogP contribution in [0.25, 0.3) is 0 Å². The summed E-state index contributed by atoms with van der Waals surface area (Å²) in [5, 5.41) is 8.49. The van der Waals surface area contributed by atoms with Crippen LogP contribution >= 0.6 is 0 Å². The minimum Gasteiger partial charge on any atom is -0.493 e. The molecule has 0 aliphatic carbocycles. The molecular weight excluding hydrogens is 220 g/mol. The molecule has 0 heterocycles. The fraction of sp³-hybridized carbons (Fsp3) is 0.308. The maximum atomic E-state index is 11.3. The average molecular weight is 236 g/mol. The molecule has 0 saturated carbocycles. The summed E-state index contributed by atoms with van der Waals surface area (Å²) in [6.07, 6.45) is 0.402. The van der Waals surface area contributed by atoms with Gasteiger partial charge in [0.1, 0.15) is 12.4 Å². The van der Waals surface area contributed by atoms with Gasteiger partial charge in [0.25, 0.3) is 0 Å². The summed E-state index contributed by atoms with van der Waals surface area (Å²) < 4.78 is 10.1. The Morgan fingerprint density at radius 1 is 1.24 bits per heavy atom. The minimum absolute atomic E-state index is 0.00258. The Morgan fingerprint density at radius 3 is 2.59 bits per heavy atom. The Labute approximate surface area is 100 Å². The summed E-state index contributed by atoms with van der Waals surface area (Å²) in [6.45, 7) is 3.79. The molecule has 1 aromatic rings. The molecule has 0 spiro atoms. The van der Waals surface area contributed by atoms with Gasteiger partial charge in [0.15, 0.2) is 0 Å². The molecule has 4 heteroatoms. The van der Waals surface area contributed by atoms with Crippen LogP contribution in [0.3, 0.4) is 0 Å². The summed E-state index contributed by atoms with van der Waals surface area (Å²) in [7, 11) is 0. The fourth-order valence-electron chi connectivity index (χ4n) is 1.15. The Balaban J connectivity index is 2.22. The molecular formula is C13H16O4. The molecule has 1 aromatic carbocycles. The second-order valence-corrected chi connectivity index (χ2v) is 3.37. The standard InChI is InChI=1S/C13H16O4/c1-11(13(15)17-10-8-14)7-9-16-12-5-3-2-4-6-12/h2-6,14H,1,7-10H2. The zero-order chi connectivity index (χ0) is 12.5. The van der Waals surface area contributed by atoms with Crippen LogP contribution in [0.1, 0.15) is 6.42 Å². The number of hydrogen-bond acceptors (Lipinski definition) is 4. The molecule has 1 N–H and O–H groups in total. The average Bonchev–Trinajstić information content (AvgIpc) is 2.37. The van der Waals surface area contributed by atoms with Crippen LogP contribution in [0.5, 0.6) is 5.75 Å². The highest BCUT2D eigenvalue weighted by Gasteiger charge is 2.07. The van der Waals surface area contributed by atoms with Gasteiger partial charge < -0.3 is 14.6 Å². The van der Waals surface area contributed by atoms with E-state index in [1.807, 2.05) is 30.3 Å². The second-order valence-electron chi connectivity index (χ2n) is 3.37. The summed E-state index contributed by atoms with van der Waals surface area (Å²) in [6, 6.07) is 9.33. The van der Waals surface area contributed by atoms with Gasteiger partial charge in [-0.25, -0.2) is 4.79 Å². The maximum absolute atomic E-state index is 11.3. The number of aliphatic hydroxyl groups is 1. The van der Waals surface area contributed by atoms with E-state index in [1.165, 1.54) is 0 Å². The molecule has 0 aliphatic rings. The smallest absolute Gasteiger partial charge is 0.333 e. The predicted molar refractivity (Wildman–Crippen MR) is 63.7 cm³/mol. The van der Waals surface area contributed by atoms with Crippen molar-refractivity contribution in [3.63, 3.8) is 0 Å². The highest BCUT2D eigenvalue weighted by molar-refractivity contribution is 5.87. The third-order valence-corrected chi connectivity index (χ3v) is 2.03. The SMILES string of the molecule is C=C(CCOc1ccccc1)C(=O)OCCO. The van der Waals surface area contributed by atoms with Crippen molar-refractivity contribution in [2.24, 2.45) is 0 Å². The Kier molecular flexibility index (Phi) is 5.82. The minimum atomic E-state index is -0.490. The monoisotopic (exact) mass is 236 g/mol. The number of benzene rings is 1. The van der Waals surface area contributed by atoms with Gasteiger partial charge in [-0.05, 0) is 12.1 Å². The van der Waals surface area contributed by atoms with Crippen molar-refractivity contribution in [3.8, 4) is 5.75 Å². The largest absolute Gasteiger partial charge is 0.493 e. The number of carbonyl (C=O) groups is 1. The van der Waals surface area contributed by atoms with Gasteiger partial charge in [0, 0.05) is 12.0 Å². The number of aliphatic hydroxyl groups excluding tert-OH is 1. The Morgan fingerprint density at radius 2 is 1.94 bits per heavy atom. The van der Waals surface area contributed by atoms with Crippen LogP contribution in [-0.2, 0) is 9.53 Å². The van der Waals surface area contributed by atoms with Gasteiger partial charge in [-0.15, -0.1) is 0 Å². The van der Waals surface area contributed by atoms with Crippen LogP contribution in [0, 0.1) is 0 Å². The van der Waals surface area contributed by atoms with Crippen molar-refractivity contribution in [2.75, 3.05) is 19.8 Å². The molecule has 92 valence electrons. The summed E-state index contributed by atoms with van der Waals surface area (Å²) in [5.41, 5.74) is 0.342. The lowest BCUT2D eigenvalue weighted by molar-refractivity contribution is -0.140. The second kappa shape index (κ2) is 7.46. The van der Waals surface area contributed by atoms with Crippen LogP contribution in [0.2, 0.25) is 0 Å². The van der Waals surface area contributed by atoms with E-state index in [0.717, 1.165) is 5.75 Å². The number of ether oxygens (including phenoxy) is 2. The number of hydrogen-bond donors (Lipinski definition) is 1. The van der Waals surface area contributed by atoms with E-state index in [-0.39, 0.29) is 13.2 Å². The lowest BCUT2D eigenvalue weighted by atomic mass is 10.2. The molecule has 0 fully saturated rings. The van der Waals surface area contributed by atoms with E-state index in [2.05, 4.69) is 6.58 Å². The van der Waals surface area contributed by atoms with E-state index in [0.29, 0.717) is 18.6 Å². The molecule has 0 saturated heterocycles. The van der Waals surface area contributed by atoms with Gasteiger partial charge in [-0.3, -0.25) is 0 Å². The molecule has 0 radical (unpaired) electrons. The topological polar surface area (TPSA) is 55.8 Å². The van der Waals surface area contributed by atoms with E-state index in [1.54, 1.807) is 0 Å². The van der Waals surface area contributed by atoms with Crippen molar-refractivity contribution in [3.05, 3.63) is 42.5 Å². The van der Waals surface area contributed by atoms with Crippen molar-refractivity contribution in [2.45, 2.75) is 6.42 Å². The molecule has 17 heavy (non-hydrogen) atoms. The van der Waals surface area contributed by atoms with Gasteiger partial charge >= 0.3 is 5.97 Å². The molecule has 0 atom stereocenters. The van der Waals surface area contributed by atoms with Crippen molar-refractivity contribution < 1.29 is 19.4 Å². The Bertz CT molecular complexity index is 359. The summed E-state index contributed by atoms with van der Waals surface area (Å²) in [4.78, 5) is 11.3. The fourth-order valence-corrected chi connectivity index (χ4v) is 1.15. The Hall–Kier alpha value is -1.81. The van der Waals surface area contributed by atoms with Crippen LogP contribution in [0.4, 0.5) is 0 Å². The summed E-state index contributed by atoms with van der Waals surface area (Å²) in [5.74, 6) is 0.264. The molecule has 4 nitrogen and oxygen atoms in total. The van der Waals surface area contributed by atoms with Crippen LogP contribution in [0.15, 0.2) is 42.5 Å². The third-order valence-electron chi connectivity index (χ3n) is 2.03. The van der Waals surface area contributed by atoms with Crippen LogP contribution in [-0.4, -0.2) is 30.9 Å². The van der Waals surface area contributed by atoms with Gasteiger partial charge in [0.2, 0.25) is 0 Å². The first-order valence-electron chi connectivity index (χ1n) is 5.37. The van der Waals surface area contributed by atoms with Crippen molar-refractivity contribution in [1.29, 1.82) is 0 Å². The first kappa shape index (κ1) is 13.3. The predicted octanol–water partition coefficient (Wildman–Crippen LogP) is 1.55. The van der Waals surface area contributed by atoms with Crippen molar-refractivity contribution in [1.82, 2.24) is 0 Å². The quantitative estimate of drug-likeness (QED) is 0.576. The summed E-state index contributed by atoms with van der Waals surface area (Å²) >= 11 is 0. The van der Waals surface area contributed by atoms with Gasteiger partial charge in [0.05, 0.1) is 13.2 Å². The van der Waals surface area contributed by atoms with Gasteiger partial charge in [-0.2, -0.15) is 0 Å². The third kappa shape index (κ3) is 5.17. The highest BCUT2D eigenvalue weighted by Crippen LogP contribution is 2.10. The maximum Gasteiger partial charge on any atom is 0.333 e. The van der Waals surface area contributed by atoms with E-state index in [4.69, 9.17) is 14.6 Å². The first-order chi connectivity index (χ1) is 8.24. The number of carbonyl (C=O) groups excluding carboxylic acids is 1. The highest BCUT2D eigenvalue weighted by atomic mass is 16.5. The molecule has 0 unspecified atom stereocenters. The number of para-hydroxylation sites is 1. The molecule has 0 amide bonds. The number of rotatable bonds is 7. The lowest BCUT2D eigenvalue weighted by Crippen LogP contribution is -2.12. The van der Waals surface area contributed by atoms with E-state index < -0.39 is 5.97 Å². The van der Waals surface area contributed by atoms with E-state index >= 15 is 0 Å². The molecule has 1 rings (SSSR count). The molecule has 0 aromatic heterocycles. The zero-order valence-electron chi connectivity index (χ0n) is 9.59. The van der Waals surface area contributed by atoms with E-state index in [9.17, 15) is 4.79 Å². The number of esters is 1. The molecule has 0 bridgehead atoms. The van der Waals surface area contributed by atoms with Crippen molar-refractivity contribution >= 4 is 5.97 Å². The van der Waals surface area contributed by atoms with Crippen LogP contribution < -0.4 is 4.74 Å².